The molecule has 0 aliphatic heterocycles. The summed E-state index contributed by atoms with van der Waals surface area (Å²) in [7, 11) is -3.76. The van der Waals surface area contributed by atoms with Crippen LogP contribution in [0.15, 0.2) is 29.2 Å². The van der Waals surface area contributed by atoms with Crippen molar-refractivity contribution in [2.45, 2.75) is 44.2 Å². The number of nitrogens with one attached hydrogen (secondary N) is 2. The van der Waals surface area contributed by atoms with Crippen LogP contribution in [0.5, 0.6) is 0 Å². The summed E-state index contributed by atoms with van der Waals surface area (Å²) in [5.74, 6) is -1.08. The van der Waals surface area contributed by atoms with Gasteiger partial charge in [-0.1, -0.05) is 17.7 Å². The minimum atomic E-state index is -3.76. The van der Waals surface area contributed by atoms with Gasteiger partial charge < -0.3 is 10.1 Å². The summed E-state index contributed by atoms with van der Waals surface area (Å²) in [4.78, 5) is 23.3. The number of hydrogen-bond donors (Lipinski definition) is 2. The number of hydrogen-bond acceptors (Lipinski definition) is 5. The van der Waals surface area contributed by atoms with Crippen LogP contribution in [0.2, 0.25) is 5.02 Å². The maximum Gasteiger partial charge on any atom is 0.307 e. The molecule has 0 aliphatic rings. The van der Waals surface area contributed by atoms with Crippen molar-refractivity contribution >= 4 is 33.5 Å². The highest BCUT2D eigenvalue weighted by molar-refractivity contribution is 7.89. The molecule has 0 radical (unpaired) electrons. The van der Waals surface area contributed by atoms with Crippen LogP contribution in [0.3, 0.4) is 0 Å². The van der Waals surface area contributed by atoms with Gasteiger partial charge in [0, 0.05) is 17.6 Å². The van der Waals surface area contributed by atoms with Gasteiger partial charge in [-0.25, -0.2) is 13.1 Å². The van der Waals surface area contributed by atoms with Crippen LogP contribution >= 0.6 is 11.6 Å². The predicted octanol–water partition coefficient (Wildman–Crippen LogP) is 1.46. The van der Waals surface area contributed by atoms with E-state index in [1.807, 2.05) is 0 Å². The summed E-state index contributed by atoms with van der Waals surface area (Å²) in [6, 6.07) is 5.70. The van der Waals surface area contributed by atoms with Gasteiger partial charge >= 0.3 is 5.97 Å². The minimum absolute atomic E-state index is 0.00745. The molecule has 7 nitrogen and oxygen atoms in total. The van der Waals surface area contributed by atoms with Crippen LogP contribution < -0.4 is 10.0 Å². The van der Waals surface area contributed by atoms with Crippen molar-refractivity contribution in [1.82, 2.24) is 10.0 Å². The zero-order valence-electron chi connectivity index (χ0n) is 13.7. The number of esters is 1. The molecule has 0 saturated carbocycles. The van der Waals surface area contributed by atoms with E-state index in [0.717, 1.165) is 0 Å². The molecule has 0 saturated heterocycles. The van der Waals surface area contributed by atoms with Gasteiger partial charge in [-0.15, -0.1) is 0 Å². The Hall–Kier alpha value is -1.64. The first-order valence-electron chi connectivity index (χ1n) is 7.37. The van der Waals surface area contributed by atoms with Crippen molar-refractivity contribution < 1.29 is 22.7 Å². The van der Waals surface area contributed by atoms with E-state index in [1.54, 1.807) is 19.9 Å². The molecular formula is C15H21ClN2O5S. The third-order valence-electron chi connectivity index (χ3n) is 2.84. The number of benzene rings is 1. The van der Waals surface area contributed by atoms with Gasteiger partial charge in [0.2, 0.25) is 10.0 Å². The van der Waals surface area contributed by atoms with Gasteiger partial charge in [-0.05, 0) is 39.0 Å². The highest BCUT2D eigenvalue weighted by atomic mass is 35.5. The largest absolute Gasteiger partial charge is 0.453 e. The Morgan fingerprint density at radius 3 is 2.50 bits per heavy atom. The summed E-state index contributed by atoms with van der Waals surface area (Å²) in [6.07, 6.45) is -1.14. The summed E-state index contributed by atoms with van der Waals surface area (Å²) in [5, 5.41) is 2.91. The standard InChI is InChI=1S/C15H21ClN2O5S/c1-10(2)18-15(20)11(3)23-14(19)7-8-17-24(21,22)13-6-4-5-12(16)9-13/h4-6,9-11,17H,7-8H2,1-3H3,(H,18,20). The lowest BCUT2D eigenvalue weighted by atomic mass is 10.3. The predicted molar refractivity (Wildman–Crippen MR) is 90.1 cm³/mol. The third kappa shape index (κ3) is 6.86. The van der Waals surface area contributed by atoms with E-state index < -0.39 is 28.0 Å². The topological polar surface area (TPSA) is 102 Å². The van der Waals surface area contributed by atoms with Gasteiger partial charge in [0.15, 0.2) is 6.10 Å². The number of amides is 1. The van der Waals surface area contributed by atoms with E-state index in [0.29, 0.717) is 5.02 Å². The van der Waals surface area contributed by atoms with E-state index in [2.05, 4.69) is 10.0 Å². The average Bonchev–Trinajstić information content (AvgIpc) is 2.46. The number of carbonyl (C=O) groups is 2. The number of rotatable bonds is 8. The first-order chi connectivity index (χ1) is 11.1. The van der Waals surface area contributed by atoms with Crippen LogP contribution in [0, 0.1) is 0 Å². The first kappa shape index (κ1) is 20.4. The molecule has 0 aliphatic carbocycles. The average molecular weight is 377 g/mol. The SMILES string of the molecule is CC(C)NC(=O)C(C)OC(=O)CCNS(=O)(=O)c1cccc(Cl)c1. The molecule has 1 unspecified atom stereocenters. The summed E-state index contributed by atoms with van der Waals surface area (Å²) in [6.45, 7) is 4.88. The highest BCUT2D eigenvalue weighted by Gasteiger charge is 2.19. The maximum atomic E-state index is 12.0. The molecule has 9 heteroatoms. The molecule has 1 rings (SSSR count). The number of sulfonamides is 1. The summed E-state index contributed by atoms with van der Waals surface area (Å²) in [5.41, 5.74) is 0. The van der Waals surface area contributed by atoms with Gasteiger partial charge in [-0.3, -0.25) is 9.59 Å². The van der Waals surface area contributed by atoms with Gasteiger partial charge in [-0.2, -0.15) is 0 Å². The van der Waals surface area contributed by atoms with E-state index in [1.165, 1.54) is 25.1 Å². The number of halogens is 1. The number of ether oxygens (including phenoxy) is 1. The van der Waals surface area contributed by atoms with E-state index >= 15 is 0 Å². The van der Waals surface area contributed by atoms with Crippen molar-refractivity contribution in [2.24, 2.45) is 0 Å². The van der Waals surface area contributed by atoms with Crippen molar-refractivity contribution in [3.05, 3.63) is 29.3 Å². The lowest BCUT2D eigenvalue weighted by molar-refractivity contribution is -0.154. The molecule has 2 N–H and O–H groups in total. The second-order valence-electron chi connectivity index (χ2n) is 5.40. The van der Waals surface area contributed by atoms with E-state index in [9.17, 15) is 18.0 Å². The molecular weight excluding hydrogens is 356 g/mol. The molecule has 1 aromatic carbocycles. The Morgan fingerprint density at radius 2 is 1.92 bits per heavy atom. The van der Waals surface area contributed by atoms with E-state index in [4.69, 9.17) is 16.3 Å². The molecule has 0 fully saturated rings. The Kier molecular flexibility index (Phi) is 7.65. The Bertz CT molecular complexity index is 691. The highest BCUT2D eigenvalue weighted by Crippen LogP contribution is 2.15. The fraction of sp³-hybridized carbons (Fsp3) is 0.467. The van der Waals surface area contributed by atoms with E-state index in [-0.39, 0.29) is 23.9 Å². The monoisotopic (exact) mass is 376 g/mol. The van der Waals surface area contributed by atoms with Crippen molar-refractivity contribution in [3.8, 4) is 0 Å². The molecule has 134 valence electrons. The second-order valence-corrected chi connectivity index (χ2v) is 7.60. The quantitative estimate of drug-likeness (QED) is 0.669. The molecule has 0 heterocycles. The van der Waals surface area contributed by atoms with Crippen LogP contribution in [0.1, 0.15) is 27.2 Å². The zero-order chi connectivity index (χ0) is 18.3. The minimum Gasteiger partial charge on any atom is -0.453 e. The Balaban J connectivity index is 2.46. The smallest absolute Gasteiger partial charge is 0.307 e. The maximum absolute atomic E-state index is 12.0. The first-order valence-corrected chi connectivity index (χ1v) is 9.23. The van der Waals surface area contributed by atoms with Crippen LogP contribution in [0.25, 0.3) is 0 Å². The molecule has 0 aromatic heterocycles. The van der Waals surface area contributed by atoms with Crippen LogP contribution in [-0.2, 0) is 24.3 Å². The Morgan fingerprint density at radius 1 is 1.25 bits per heavy atom. The van der Waals surface area contributed by atoms with Crippen LogP contribution in [0.4, 0.5) is 0 Å². The lowest BCUT2D eigenvalue weighted by Gasteiger charge is -2.15. The van der Waals surface area contributed by atoms with Crippen LogP contribution in [-0.4, -0.2) is 39.0 Å². The normalized spacial score (nSPS) is 12.7. The van der Waals surface area contributed by atoms with Crippen molar-refractivity contribution in [3.63, 3.8) is 0 Å². The molecule has 0 bridgehead atoms. The molecule has 1 atom stereocenters. The molecule has 1 amide bonds. The fourth-order valence-corrected chi connectivity index (χ4v) is 3.05. The zero-order valence-corrected chi connectivity index (χ0v) is 15.3. The summed E-state index contributed by atoms with van der Waals surface area (Å²) >= 11 is 5.75. The van der Waals surface area contributed by atoms with Gasteiger partial charge in [0.25, 0.3) is 5.91 Å². The van der Waals surface area contributed by atoms with Crippen molar-refractivity contribution in [1.29, 1.82) is 0 Å². The lowest BCUT2D eigenvalue weighted by Crippen LogP contribution is -2.39. The second kappa shape index (κ2) is 9.00. The van der Waals surface area contributed by atoms with Gasteiger partial charge in [0.1, 0.15) is 0 Å². The number of carbonyl (C=O) groups excluding carboxylic acids is 2. The Labute approximate surface area is 146 Å². The molecule has 24 heavy (non-hydrogen) atoms. The molecule has 0 spiro atoms. The summed E-state index contributed by atoms with van der Waals surface area (Å²) < 4.78 is 31.3. The molecule has 1 aromatic rings. The fourth-order valence-electron chi connectivity index (χ4n) is 1.72. The van der Waals surface area contributed by atoms with Crippen molar-refractivity contribution in [2.75, 3.05) is 6.54 Å². The third-order valence-corrected chi connectivity index (χ3v) is 4.53. The van der Waals surface area contributed by atoms with Gasteiger partial charge in [0.05, 0.1) is 11.3 Å².